The lowest BCUT2D eigenvalue weighted by molar-refractivity contribution is -0.131. The number of hydrogen-bond donors (Lipinski definition) is 2. The predicted molar refractivity (Wildman–Crippen MR) is 129 cm³/mol. The first-order chi connectivity index (χ1) is 14.1. The molecule has 9 heteroatoms. The van der Waals surface area contributed by atoms with Gasteiger partial charge in [-0.1, -0.05) is 0 Å². The van der Waals surface area contributed by atoms with E-state index < -0.39 is 0 Å². The monoisotopic (exact) mass is 531 g/mol. The molecule has 0 spiro atoms. The Balaban J connectivity index is 0.00000320. The molecule has 3 rings (SSSR count). The zero-order valence-electron chi connectivity index (χ0n) is 18.0. The summed E-state index contributed by atoms with van der Waals surface area (Å²) in [4.78, 5) is 23.5. The van der Waals surface area contributed by atoms with Crippen LogP contribution in [0, 0.1) is 0 Å². The van der Waals surface area contributed by atoms with Crippen molar-refractivity contribution in [1.82, 2.24) is 20.0 Å². The highest BCUT2D eigenvalue weighted by molar-refractivity contribution is 14.0. The lowest BCUT2D eigenvalue weighted by Crippen LogP contribution is -2.54. The van der Waals surface area contributed by atoms with Crippen LogP contribution in [0.15, 0.2) is 23.2 Å². The Morgan fingerprint density at radius 2 is 1.83 bits per heavy atom. The normalized spacial score (nSPS) is 17.6. The third kappa shape index (κ3) is 6.63. The van der Waals surface area contributed by atoms with Crippen LogP contribution in [0.4, 0.5) is 0 Å². The van der Waals surface area contributed by atoms with E-state index in [-0.39, 0.29) is 35.6 Å². The summed E-state index contributed by atoms with van der Waals surface area (Å²) >= 11 is 0. The topological polar surface area (TPSA) is 80.6 Å². The molecule has 2 fully saturated rings. The minimum atomic E-state index is 0. The molecule has 0 atom stereocenters. The summed E-state index contributed by atoms with van der Waals surface area (Å²) in [7, 11) is 1.61. The van der Waals surface area contributed by atoms with Crippen molar-refractivity contribution in [2.75, 3.05) is 59.5 Å². The molecule has 2 N–H and O–H groups in total. The SMILES string of the molecule is CCNC(=NCc1cc(OC)ccc1O)N1CCN(CC(=O)N2CCCC2)CC1.I. The van der Waals surface area contributed by atoms with E-state index in [4.69, 9.17) is 9.73 Å². The third-order valence-corrected chi connectivity index (χ3v) is 5.51. The average molecular weight is 531 g/mol. The van der Waals surface area contributed by atoms with Crippen molar-refractivity contribution in [2.24, 2.45) is 4.99 Å². The van der Waals surface area contributed by atoms with Crippen LogP contribution in [0.2, 0.25) is 0 Å². The number of phenols is 1. The number of hydrogen-bond acceptors (Lipinski definition) is 5. The highest BCUT2D eigenvalue weighted by atomic mass is 127. The van der Waals surface area contributed by atoms with E-state index in [0.717, 1.165) is 70.2 Å². The van der Waals surface area contributed by atoms with Gasteiger partial charge in [0.15, 0.2) is 5.96 Å². The molecule has 0 radical (unpaired) electrons. The minimum absolute atomic E-state index is 0. The molecule has 2 aliphatic heterocycles. The van der Waals surface area contributed by atoms with Crippen LogP contribution in [0.25, 0.3) is 0 Å². The number of nitrogens with zero attached hydrogens (tertiary/aromatic N) is 4. The number of aromatic hydroxyl groups is 1. The summed E-state index contributed by atoms with van der Waals surface area (Å²) in [6.07, 6.45) is 2.26. The smallest absolute Gasteiger partial charge is 0.236 e. The molecule has 8 nitrogen and oxygen atoms in total. The number of ether oxygens (including phenoxy) is 1. The number of carbonyl (C=O) groups excluding carboxylic acids is 1. The Morgan fingerprint density at radius 1 is 1.13 bits per heavy atom. The Morgan fingerprint density at radius 3 is 2.47 bits per heavy atom. The van der Waals surface area contributed by atoms with Gasteiger partial charge in [0.1, 0.15) is 11.5 Å². The number of methoxy groups -OCH3 is 1. The highest BCUT2D eigenvalue weighted by Gasteiger charge is 2.24. The fourth-order valence-electron chi connectivity index (χ4n) is 3.78. The van der Waals surface area contributed by atoms with Gasteiger partial charge in [-0.15, -0.1) is 24.0 Å². The molecule has 2 saturated heterocycles. The molecule has 30 heavy (non-hydrogen) atoms. The maximum Gasteiger partial charge on any atom is 0.236 e. The molecule has 0 bridgehead atoms. The second-order valence-electron chi connectivity index (χ2n) is 7.52. The van der Waals surface area contributed by atoms with Crippen LogP contribution in [-0.2, 0) is 11.3 Å². The van der Waals surface area contributed by atoms with E-state index in [1.54, 1.807) is 19.2 Å². The van der Waals surface area contributed by atoms with E-state index in [0.29, 0.717) is 18.8 Å². The van der Waals surface area contributed by atoms with Crippen molar-refractivity contribution in [1.29, 1.82) is 0 Å². The van der Waals surface area contributed by atoms with Gasteiger partial charge in [-0.2, -0.15) is 0 Å². The maximum absolute atomic E-state index is 12.4. The molecule has 0 aromatic heterocycles. The number of benzene rings is 1. The number of likely N-dealkylation sites (tertiary alicyclic amines) is 1. The summed E-state index contributed by atoms with van der Waals surface area (Å²) in [5.74, 6) is 2.01. The quantitative estimate of drug-likeness (QED) is 0.331. The average Bonchev–Trinajstić information content (AvgIpc) is 3.28. The van der Waals surface area contributed by atoms with E-state index in [9.17, 15) is 9.90 Å². The number of rotatable bonds is 6. The maximum atomic E-state index is 12.4. The molecule has 2 aliphatic rings. The summed E-state index contributed by atoms with van der Waals surface area (Å²) in [6, 6.07) is 5.17. The lowest BCUT2D eigenvalue weighted by Gasteiger charge is -2.36. The van der Waals surface area contributed by atoms with Crippen LogP contribution in [-0.4, -0.2) is 91.1 Å². The van der Waals surface area contributed by atoms with Crippen molar-refractivity contribution in [3.8, 4) is 11.5 Å². The molecule has 1 amide bonds. The van der Waals surface area contributed by atoms with Gasteiger partial charge in [0.2, 0.25) is 5.91 Å². The van der Waals surface area contributed by atoms with Crippen molar-refractivity contribution >= 4 is 35.8 Å². The van der Waals surface area contributed by atoms with Crippen molar-refractivity contribution in [2.45, 2.75) is 26.3 Å². The van der Waals surface area contributed by atoms with Crippen LogP contribution in [0.1, 0.15) is 25.3 Å². The first-order valence-corrected chi connectivity index (χ1v) is 10.5. The second-order valence-corrected chi connectivity index (χ2v) is 7.52. The number of amides is 1. The molecular weight excluding hydrogens is 497 g/mol. The molecule has 0 aliphatic carbocycles. The Kier molecular flexibility index (Phi) is 9.96. The molecule has 168 valence electrons. The standard InChI is InChI=1S/C21H33N5O3.HI/c1-3-22-21(23-15-17-14-18(29-2)6-7-19(17)27)26-12-10-24(11-13-26)16-20(28)25-8-4-5-9-25;/h6-7,14,27H,3-5,8-13,15-16H2,1-2H3,(H,22,23);1H. The zero-order valence-corrected chi connectivity index (χ0v) is 20.3. The fourth-order valence-corrected chi connectivity index (χ4v) is 3.78. The van der Waals surface area contributed by atoms with Crippen LogP contribution in [0.3, 0.4) is 0 Å². The van der Waals surface area contributed by atoms with Crippen LogP contribution >= 0.6 is 24.0 Å². The molecule has 0 unspecified atom stereocenters. The van der Waals surface area contributed by atoms with Gasteiger partial charge in [-0.25, -0.2) is 4.99 Å². The van der Waals surface area contributed by atoms with E-state index in [1.807, 2.05) is 17.9 Å². The number of halogens is 1. The minimum Gasteiger partial charge on any atom is -0.508 e. The largest absolute Gasteiger partial charge is 0.508 e. The van der Waals surface area contributed by atoms with Crippen molar-refractivity contribution in [3.63, 3.8) is 0 Å². The number of carbonyl (C=O) groups is 1. The van der Waals surface area contributed by atoms with Gasteiger partial charge in [-0.05, 0) is 38.0 Å². The van der Waals surface area contributed by atoms with Crippen molar-refractivity contribution in [3.05, 3.63) is 23.8 Å². The van der Waals surface area contributed by atoms with E-state index in [2.05, 4.69) is 15.1 Å². The van der Waals surface area contributed by atoms with Gasteiger partial charge in [0.05, 0.1) is 20.2 Å². The number of nitrogens with one attached hydrogen (secondary N) is 1. The molecule has 0 saturated carbocycles. The number of aliphatic imine (C=N–C) groups is 1. The van der Waals surface area contributed by atoms with Gasteiger partial charge in [-0.3, -0.25) is 9.69 Å². The zero-order chi connectivity index (χ0) is 20.6. The van der Waals surface area contributed by atoms with Gasteiger partial charge < -0.3 is 25.0 Å². The number of phenolic OH excluding ortho intramolecular Hbond substituents is 1. The predicted octanol–water partition coefficient (Wildman–Crippen LogP) is 1.72. The molecular formula is C21H34IN5O3. The molecule has 1 aromatic carbocycles. The second kappa shape index (κ2) is 12.2. The van der Waals surface area contributed by atoms with Crippen molar-refractivity contribution < 1.29 is 14.6 Å². The van der Waals surface area contributed by atoms with E-state index >= 15 is 0 Å². The number of piperazine rings is 1. The summed E-state index contributed by atoms with van der Waals surface area (Å²) in [5.41, 5.74) is 0.731. The summed E-state index contributed by atoms with van der Waals surface area (Å²) < 4.78 is 5.24. The fraction of sp³-hybridized carbons (Fsp3) is 0.619. The van der Waals surface area contributed by atoms with Gasteiger partial charge in [0.25, 0.3) is 0 Å². The van der Waals surface area contributed by atoms with Crippen LogP contribution in [0.5, 0.6) is 11.5 Å². The highest BCUT2D eigenvalue weighted by Crippen LogP contribution is 2.23. The third-order valence-electron chi connectivity index (χ3n) is 5.51. The Labute approximate surface area is 196 Å². The first kappa shape index (κ1) is 24.5. The Hall–Kier alpha value is -1.75. The Bertz CT molecular complexity index is 717. The van der Waals surface area contributed by atoms with Gasteiger partial charge >= 0.3 is 0 Å². The van der Waals surface area contributed by atoms with Gasteiger partial charge in [0, 0.05) is 51.4 Å². The molecule has 2 heterocycles. The van der Waals surface area contributed by atoms with Crippen LogP contribution < -0.4 is 10.1 Å². The molecule has 1 aromatic rings. The summed E-state index contributed by atoms with van der Waals surface area (Å²) in [6.45, 7) is 8.85. The first-order valence-electron chi connectivity index (χ1n) is 10.5. The lowest BCUT2D eigenvalue weighted by atomic mass is 10.2. The number of guanidine groups is 1. The van der Waals surface area contributed by atoms with E-state index in [1.165, 1.54) is 0 Å². The summed E-state index contributed by atoms with van der Waals surface area (Å²) in [5, 5.41) is 13.4.